The molecule has 17 heavy (non-hydrogen) atoms. The van der Waals surface area contributed by atoms with Gasteiger partial charge in [-0.05, 0) is 25.0 Å². The number of aldehydes is 1. The van der Waals surface area contributed by atoms with E-state index < -0.39 is 6.10 Å². The van der Waals surface area contributed by atoms with Gasteiger partial charge < -0.3 is 5.11 Å². The Labute approximate surface area is 103 Å². The van der Waals surface area contributed by atoms with Crippen LogP contribution in [-0.4, -0.2) is 23.3 Å². The van der Waals surface area contributed by atoms with Gasteiger partial charge >= 0.3 is 0 Å². The smallest absolute Gasteiger partial charge is 0.188 e. The van der Waals surface area contributed by atoms with Gasteiger partial charge in [0, 0.05) is 0 Å². The maximum atomic E-state index is 11.5. The number of hydrogen-bond acceptors (Lipinski definition) is 3. The van der Waals surface area contributed by atoms with Crippen LogP contribution in [0.5, 0.6) is 0 Å². The molecule has 1 N–H and O–H groups in total. The number of unbranched alkanes of at least 4 members (excludes halogenated alkanes) is 2. The molecule has 0 saturated carbocycles. The van der Waals surface area contributed by atoms with Crippen molar-refractivity contribution in [2.75, 3.05) is 0 Å². The van der Waals surface area contributed by atoms with Crippen LogP contribution in [0.4, 0.5) is 0 Å². The van der Waals surface area contributed by atoms with Crippen LogP contribution in [-0.2, 0) is 9.59 Å². The van der Waals surface area contributed by atoms with E-state index in [1.54, 1.807) is 6.08 Å². The summed E-state index contributed by atoms with van der Waals surface area (Å²) >= 11 is 0. The summed E-state index contributed by atoms with van der Waals surface area (Å²) in [6.07, 6.45) is 8.59. The Morgan fingerprint density at radius 3 is 2.53 bits per heavy atom. The van der Waals surface area contributed by atoms with Gasteiger partial charge in [-0.25, -0.2) is 0 Å². The van der Waals surface area contributed by atoms with Crippen molar-refractivity contribution in [3.05, 3.63) is 23.8 Å². The van der Waals surface area contributed by atoms with Crippen LogP contribution in [0.15, 0.2) is 23.8 Å². The summed E-state index contributed by atoms with van der Waals surface area (Å²) in [5.74, 6) is -0.337. The number of hydrogen-bond donors (Lipinski definition) is 1. The molecule has 3 heteroatoms. The SMILES string of the molecule is CCC=CC(=O)C(C=O)=CC(O)CCCCC. The minimum Gasteiger partial charge on any atom is -0.389 e. The third-order valence-corrected chi connectivity index (χ3v) is 2.39. The monoisotopic (exact) mass is 238 g/mol. The molecule has 0 rings (SSSR count). The van der Waals surface area contributed by atoms with Crippen LogP contribution in [0.25, 0.3) is 0 Å². The van der Waals surface area contributed by atoms with Crippen LogP contribution in [0.2, 0.25) is 0 Å². The van der Waals surface area contributed by atoms with E-state index in [2.05, 4.69) is 6.92 Å². The first-order valence-electron chi connectivity index (χ1n) is 6.21. The topological polar surface area (TPSA) is 54.4 Å². The lowest BCUT2D eigenvalue weighted by atomic mass is 10.1. The molecule has 3 nitrogen and oxygen atoms in total. The van der Waals surface area contributed by atoms with Crippen molar-refractivity contribution in [3.8, 4) is 0 Å². The summed E-state index contributed by atoms with van der Waals surface area (Å²) in [7, 11) is 0. The fourth-order valence-corrected chi connectivity index (χ4v) is 1.39. The Morgan fingerprint density at radius 2 is 2.00 bits per heavy atom. The molecule has 96 valence electrons. The Hall–Kier alpha value is -1.22. The van der Waals surface area contributed by atoms with E-state index in [4.69, 9.17) is 0 Å². The van der Waals surface area contributed by atoms with Gasteiger partial charge in [0.1, 0.15) is 0 Å². The van der Waals surface area contributed by atoms with Crippen molar-refractivity contribution in [1.82, 2.24) is 0 Å². The molecule has 0 saturated heterocycles. The number of ketones is 1. The summed E-state index contributed by atoms with van der Waals surface area (Å²) in [6.45, 7) is 3.99. The quantitative estimate of drug-likeness (QED) is 0.221. The van der Waals surface area contributed by atoms with E-state index >= 15 is 0 Å². The van der Waals surface area contributed by atoms with Crippen LogP contribution in [0, 0.1) is 0 Å². The summed E-state index contributed by atoms with van der Waals surface area (Å²) < 4.78 is 0. The second kappa shape index (κ2) is 9.97. The number of rotatable bonds is 9. The molecule has 0 aromatic heterocycles. The fraction of sp³-hybridized carbons (Fsp3) is 0.571. The van der Waals surface area contributed by atoms with E-state index in [0.29, 0.717) is 12.7 Å². The molecule has 0 spiro atoms. The van der Waals surface area contributed by atoms with Crippen LogP contribution >= 0.6 is 0 Å². The minimum atomic E-state index is -0.708. The lowest BCUT2D eigenvalue weighted by Gasteiger charge is -2.05. The molecule has 1 unspecified atom stereocenters. The van der Waals surface area contributed by atoms with Crippen molar-refractivity contribution >= 4 is 12.1 Å². The van der Waals surface area contributed by atoms with Crippen LogP contribution in [0.3, 0.4) is 0 Å². The first-order valence-corrected chi connectivity index (χ1v) is 6.21. The average molecular weight is 238 g/mol. The predicted molar refractivity (Wildman–Crippen MR) is 68.7 cm³/mol. The van der Waals surface area contributed by atoms with Crippen LogP contribution < -0.4 is 0 Å². The van der Waals surface area contributed by atoms with Gasteiger partial charge in [0.25, 0.3) is 0 Å². The molecule has 0 aromatic carbocycles. The average Bonchev–Trinajstić information content (AvgIpc) is 2.33. The van der Waals surface area contributed by atoms with E-state index in [9.17, 15) is 14.7 Å². The van der Waals surface area contributed by atoms with E-state index in [1.807, 2.05) is 6.92 Å². The molecule has 0 aliphatic carbocycles. The van der Waals surface area contributed by atoms with Gasteiger partial charge in [-0.3, -0.25) is 9.59 Å². The molecule has 0 aliphatic heterocycles. The van der Waals surface area contributed by atoms with E-state index in [1.165, 1.54) is 12.2 Å². The zero-order valence-corrected chi connectivity index (χ0v) is 10.7. The molecule has 0 heterocycles. The van der Waals surface area contributed by atoms with Crippen molar-refractivity contribution < 1.29 is 14.7 Å². The van der Waals surface area contributed by atoms with Crippen LogP contribution in [0.1, 0.15) is 46.0 Å². The summed E-state index contributed by atoms with van der Waals surface area (Å²) in [6, 6.07) is 0. The number of carbonyl (C=O) groups is 2. The second-order valence-electron chi connectivity index (χ2n) is 3.98. The lowest BCUT2D eigenvalue weighted by molar-refractivity contribution is -0.114. The highest BCUT2D eigenvalue weighted by atomic mass is 16.3. The Kier molecular flexibility index (Phi) is 9.25. The highest BCUT2D eigenvalue weighted by Gasteiger charge is 2.08. The van der Waals surface area contributed by atoms with Crippen molar-refractivity contribution in [1.29, 1.82) is 0 Å². The summed E-state index contributed by atoms with van der Waals surface area (Å²) in [5.41, 5.74) is 0.0405. The number of carbonyl (C=O) groups excluding carboxylic acids is 2. The fourth-order valence-electron chi connectivity index (χ4n) is 1.39. The lowest BCUT2D eigenvalue weighted by Crippen LogP contribution is -2.08. The number of aliphatic hydroxyl groups excluding tert-OH is 1. The van der Waals surface area contributed by atoms with Crippen molar-refractivity contribution in [2.45, 2.75) is 52.1 Å². The zero-order chi connectivity index (χ0) is 13.1. The standard InChI is InChI=1S/C14H22O3/c1-3-5-7-8-13(16)10-12(11-15)14(17)9-6-4-2/h6,9-11,13,16H,3-5,7-8H2,1-2H3. The highest BCUT2D eigenvalue weighted by molar-refractivity contribution is 6.17. The van der Waals surface area contributed by atoms with Gasteiger partial charge in [0.2, 0.25) is 0 Å². The molecule has 1 atom stereocenters. The molecular formula is C14H22O3. The molecule has 0 radical (unpaired) electrons. The molecule has 0 bridgehead atoms. The van der Waals surface area contributed by atoms with Crippen molar-refractivity contribution in [3.63, 3.8) is 0 Å². The molecule has 0 aromatic rings. The molecule has 0 fully saturated rings. The normalized spacial score (nSPS) is 13.9. The van der Waals surface area contributed by atoms with Gasteiger partial charge in [-0.15, -0.1) is 0 Å². The zero-order valence-electron chi connectivity index (χ0n) is 10.7. The summed E-state index contributed by atoms with van der Waals surface area (Å²) in [5, 5.41) is 9.64. The molecule has 0 aliphatic rings. The van der Waals surface area contributed by atoms with E-state index in [-0.39, 0.29) is 11.4 Å². The van der Waals surface area contributed by atoms with Gasteiger partial charge in [0.05, 0.1) is 11.7 Å². The number of allylic oxidation sites excluding steroid dienone is 3. The van der Waals surface area contributed by atoms with Gasteiger partial charge in [-0.1, -0.05) is 39.2 Å². The van der Waals surface area contributed by atoms with Crippen molar-refractivity contribution in [2.24, 2.45) is 0 Å². The number of aliphatic hydroxyl groups is 1. The molecule has 0 amide bonds. The maximum Gasteiger partial charge on any atom is 0.188 e. The highest BCUT2D eigenvalue weighted by Crippen LogP contribution is 2.07. The maximum absolute atomic E-state index is 11.5. The van der Waals surface area contributed by atoms with Gasteiger partial charge in [-0.2, -0.15) is 0 Å². The third-order valence-electron chi connectivity index (χ3n) is 2.39. The predicted octanol–water partition coefficient (Wildman–Crippen LogP) is 2.59. The molecular weight excluding hydrogens is 216 g/mol. The minimum absolute atomic E-state index is 0.0405. The summed E-state index contributed by atoms with van der Waals surface area (Å²) in [4.78, 5) is 22.2. The van der Waals surface area contributed by atoms with Gasteiger partial charge in [0.15, 0.2) is 12.1 Å². The first kappa shape index (κ1) is 15.8. The van der Waals surface area contributed by atoms with E-state index in [0.717, 1.165) is 25.7 Å². The Morgan fingerprint density at radius 1 is 1.29 bits per heavy atom. The second-order valence-corrected chi connectivity index (χ2v) is 3.98. The third kappa shape index (κ3) is 7.64. The largest absolute Gasteiger partial charge is 0.389 e. The Bertz CT molecular complexity index is 290. The Balaban J connectivity index is 4.37. The first-order chi connectivity index (χ1) is 8.15.